The highest BCUT2D eigenvalue weighted by Gasteiger charge is 2.50. The number of aromatic nitrogens is 3. The fourth-order valence-electron chi connectivity index (χ4n) is 10.5. The Morgan fingerprint density at radius 3 is 2.12 bits per heavy atom. The van der Waals surface area contributed by atoms with Crippen LogP contribution in [0.5, 0.6) is 11.5 Å². The quantitative estimate of drug-likeness (QED) is 0.181. The minimum Gasteiger partial charge on any atom is -0.456 e. The summed E-state index contributed by atoms with van der Waals surface area (Å²) in [7, 11) is 0. The van der Waals surface area contributed by atoms with Crippen LogP contribution in [0.1, 0.15) is 40.8 Å². The lowest BCUT2D eigenvalue weighted by molar-refractivity contribution is 0.439. The highest BCUT2D eigenvalue weighted by molar-refractivity contribution is 6.15. The Labute approximate surface area is 335 Å². The minimum atomic E-state index is -0.651. The molecule has 4 nitrogen and oxygen atoms in total. The van der Waals surface area contributed by atoms with Crippen molar-refractivity contribution in [1.29, 1.82) is 0 Å². The number of rotatable bonds is 3. The molecule has 1 aliphatic carbocycles. The standard InChI is InChI=1S/C54H35N3O/c1-3-16-34(17-4-1)36-32-44(35-18-5-2-6-19-35)55-50(33-36)56-46-27-12-8-21-39(46)51-48(56)31-30-43-53(51)58-49-29-14-10-24-41(49)54(43)40-23-9-13-28-47(40)57-45-26-11-7-20-37(45)38-22-15-25-42(54)52(38)57/h1-5,7-18,20-33H,6,19H2. The lowest BCUT2D eigenvalue weighted by Crippen LogP contribution is -2.37. The molecule has 0 fully saturated rings. The van der Waals surface area contributed by atoms with Crippen molar-refractivity contribution in [3.8, 4) is 34.1 Å². The summed E-state index contributed by atoms with van der Waals surface area (Å²) < 4.78 is 12.1. The summed E-state index contributed by atoms with van der Waals surface area (Å²) >= 11 is 0. The fourth-order valence-corrected chi connectivity index (χ4v) is 10.5. The van der Waals surface area contributed by atoms with Crippen molar-refractivity contribution >= 4 is 49.2 Å². The number of ether oxygens (including phenoxy) is 1. The Hall–Kier alpha value is -7.43. The average Bonchev–Trinajstić information content (AvgIpc) is 3.82. The molecular weight excluding hydrogens is 707 g/mol. The van der Waals surface area contributed by atoms with Crippen LogP contribution in [0.15, 0.2) is 188 Å². The number of hydrogen-bond acceptors (Lipinski definition) is 2. The maximum atomic E-state index is 7.29. The van der Waals surface area contributed by atoms with Gasteiger partial charge in [0.1, 0.15) is 17.3 Å². The Balaban J connectivity index is 1.16. The number of fused-ring (bicyclic) bond motifs is 15. The first-order valence-electron chi connectivity index (χ1n) is 20.2. The molecule has 1 atom stereocenters. The molecule has 1 unspecified atom stereocenters. The van der Waals surface area contributed by atoms with Crippen molar-refractivity contribution in [2.45, 2.75) is 18.3 Å². The Bertz CT molecular complexity index is 3440. The molecule has 7 aromatic carbocycles. The van der Waals surface area contributed by atoms with Crippen LogP contribution in [-0.4, -0.2) is 14.1 Å². The summed E-state index contributed by atoms with van der Waals surface area (Å²) in [6, 6.07) is 62.0. The zero-order valence-electron chi connectivity index (χ0n) is 31.6. The summed E-state index contributed by atoms with van der Waals surface area (Å²) in [5.41, 5.74) is 14.5. The second kappa shape index (κ2) is 11.8. The third kappa shape index (κ3) is 4.11. The van der Waals surface area contributed by atoms with Crippen LogP contribution in [0, 0.1) is 0 Å². The second-order valence-corrected chi connectivity index (χ2v) is 15.7. The molecule has 3 aliphatic rings. The topological polar surface area (TPSA) is 32.0 Å². The molecule has 272 valence electrons. The lowest BCUT2D eigenvalue weighted by Gasteiger charge is -2.45. The van der Waals surface area contributed by atoms with Crippen molar-refractivity contribution in [3.63, 3.8) is 0 Å². The van der Waals surface area contributed by atoms with Gasteiger partial charge in [0.15, 0.2) is 0 Å². The number of para-hydroxylation sites is 5. The van der Waals surface area contributed by atoms with Crippen LogP contribution >= 0.6 is 0 Å². The minimum absolute atomic E-state index is 0.651. The molecule has 0 bridgehead atoms. The first-order chi connectivity index (χ1) is 28.8. The van der Waals surface area contributed by atoms with Gasteiger partial charge in [-0.15, -0.1) is 0 Å². The maximum absolute atomic E-state index is 7.29. The fraction of sp³-hybridized carbons (Fsp3) is 0.0556. The highest BCUT2D eigenvalue weighted by atomic mass is 16.5. The average molecular weight is 742 g/mol. The third-order valence-corrected chi connectivity index (χ3v) is 12.8. The van der Waals surface area contributed by atoms with Crippen molar-refractivity contribution in [3.05, 3.63) is 216 Å². The van der Waals surface area contributed by atoms with E-state index in [1.807, 2.05) is 0 Å². The smallest absolute Gasteiger partial charge is 0.142 e. The second-order valence-electron chi connectivity index (χ2n) is 15.7. The van der Waals surface area contributed by atoms with Gasteiger partial charge in [-0.25, -0.2) is 4.98 Å². The van der Waals surface area contributed by atoms with Gasteiger partial charge in [-0.1, -0.05) is 146 Å². The summed E-state index contributed by atoms with van der Waals surface area (Å²) in [6.07, 6.45) is 8.59. The van der Waals surface area contributed by atoms with Crippen LogP contribution in [-0.2, 0) is 5.41 Å². The molecule has 13 rings (SSSR count). The monoisotopic (exact) mass is 741 g/mol. The van der Waals surface area contributed by atoms with E-state index in [1.165, 1.54) is 49.8 Å². The number of nitrogens with zero attached hydrogens (tertiary/aromatic N) is 3. The molecule has 0 saturated carbocycles. The van der Waals surface area contributed by atoms with Gasteiger partial charge in [0, 0.05) is 27.3 Å². The Morgan fingerprint density at radius 1 is 0.534 bits per heavy atom. The van der Waals surface area contributed by atoms with Crippen molar-refractivity contribution in [2.75, 3.05) is 0 Å². The van der Waals surface area contributed by atoms with Crippen LogP contribution in [0.2, 0.25) is 0 Å². The van der Waals surface area contributed by atoms with Gasteiger partial charge in [-0.2, -0.15) is 0 Å². The van der Waals surface area contributed by atoms with Crippen LogP contribution in [0.4, 0.5) is 0 Å². The van der Waals surface area contributed by atoms with E-state index >= 15 is 0 Å². The van der Waals surface area contributed by atoms with Gasteiger partial charge >= 0.3 is 0 Å². The van der Waals surface area contributed by atoms with Crippen LogP contribution in [0.25, 0.3) is 71.8 Å². The van der Waals surface area contributed by atoms with E-state index in [9.17, 15) is 0 Å². The molecular formula is C54H35N3O. The van der Waals surface area contributed by atoms with Crippen LogP contribution in [0.3, 0.4) is 0 Å². The third-order valence-electron chi connectivity index (χ3n) is 12.8. The number of benzene rings is 7. The van der Waals surface area contributed by atoms with Gasteiger partial charge in [0.25, 0.3) is 0 Å². The zero-order valence-corrected chi connectivity index (χ0v) is 31.6. The first kappa shape index (κ1) is 31.7. The summed E-state index contributed by atoms with van der Waals surface area (Å²) in [6.45, 7) is 0. The predicted molar refractivity (Wildman–Crippen MR) is 237 cm³/mol. The van der Waals surface area contributed by atoms with Gasteiger partial charge < -0.3 is 9.30 Å². The van der Waals surface area contributed by atoms with E-state index in [1.54, 1.807) is 0 Å². The van der Waals surface area contributed by atoms with Gasteiger partial charge in [-0.3, -0.25) is 4.57 Å². The maximum Gasteiger partial charge on any atom is 0.142 e. The molecule has 10 aromatic rings. The van der Waals surface area contributed by atoms with E-state index in [4.69, 9.17) is 9.72 Å². The summed E-state index contributed by atoms with van der Waals surface area (Å²) in [5.74, 6) is 2.66. The number of allylic oxidation sites excluding steroid dienone is 4. The number of hydrogen-bond donors (Lipinski definition) is 0. The van der Waals surface area contributed by atoms with Crippen LogP contribution < -0.4 is 4.74 Å². The van der Waals surface area contributed by atoms with Crippen molar-refractivity contribution in [2.24, 2.45) is 0 Å². The SMILES string of the molecule is C1=CCCC(c2cc(-c3ccccc3)cc(-n3c4ccccc4c4c5c(ccc43)C3(c4ccccc4O5)c4ccccc4-n4c5ccccc5c5cccc3c54)n2)=C1. The van der Waals surface area contributed by atoms with Gasteiger partial charge in [-0.05, 0) is 83.1 Å². The van der Waals surface area contributed by atoms with E-state index in [0.29, 0.717) is 0 Å². The Kier molecular flexibility index (Phi) is 6.45. The molecule has 58 heavy (non-hydrogen) atoms. The summed E-state index contributed by atoms with van der Waals surface area (Å²) in [5, 5.41) is 4.74. The molecule has 1 spiro atoms. The zero-order chi connectivity index (χ0) is 38.0. The van der Waals surface area contributed by atoms with Gasteiger partial charge in [0.2, 0.25) is 0 Å². The molecule has 0 saturated heterocycles. The number of pyridine rings is 1. The van der Waals surface area contributed by atoms with E-state index in [0.717, 1.165) is 74.3 Å². The predicted octanol–water partition coefficient (Wildman–Crippen LogP) is 13.5. The Morgan fingerprint density at radius 2 is 1.26 bits per heavy atom. The molecule has 5 heterocycles. The summed E-state index contributed by atoms with van der Waals surface area (Å²) in [4.78, 5) is 5.48. The normalized spacial score (nSPS) is 16.4. The molecule has 3 aromatic heterocycles. The van der Waals surface area contributed by atoms with E-state index in [2.05, 4.69) is 197 Å². The molecule has 0 amide bonds. The molecule has 2 aliphatic heterocycles. The first-order valence-corrected chi connectivity index (χ1v) is 20.2. The lowest BCUT2D eigenvalue weighted by atomic mass is 9.61. The molecule has 4 heteroatoms. The van der Waals surface area contributed by atoms with E-state index in [-0.39, 0.29) is 0 Å². The van der Waals surface area contributed by atoms with Crippen molar-refractivity contribution in [1.82, 2.24) is 14.1 Å². The molecule has 0 radical (unpaired) electrons. The largest absolute Gasteiger partial charge is 0.456 e. The highest BCUT2D eigenvalue weighted by Crippen LogP contribution is 2.62. The van der Waals surface area contributed by atoms with E-state index < -0.39 is 5.41 Å². The molecule has 0 N–H and O–H groups in total. The van der Waals surface area contributed by atoms with Crippen molar-refractivity contribution < 1.29 is 4.74 Å². The van der Waals surface area contributed by atoms with Gasteiger partial charge in [0.05, 0.1) is 44.2 Å².